The Morgan fingerprint density at radius 1 is 1.19 bits per heavy atom. The summed E-state index contributed by atoms with van der Waals surface area (Å²) in [6.07, 6.45) is 0.166. The van der Waals surface area contributed by atoms with Crippen LogP contribution in [0, 0.1) is 5.92 Å². The van der Waals surface area contributed by atoms with Crippen LogP contribution in [0.15, 0.2) is 30.3 Å². The molecule has 0 atom stereocenters. The van der Waals surface area contributed by atoms with Crippen molar-refractivity contribution >= 4 is 17.6 Å². The number of rotatable bonds is 6. The van der Waals surface area contributed by atoms with E-state index < -0.39 is 17.9 Å². The van der Waals surface area contributed by atoms with Gasteiger partial charge in [0.1, 0.15) is 0 Å². The van der Waals surface area contributed by atoms with Crippen molar-refractivity contribution in [2.24, 2.45) is 5.92 Å². The van der Waals surface area contributed by atoms with E-state index in [0.717, 1.165) is 16.9 Å². The molecule has 1 aliphatic heterocycles. The second kappa shape index (κ2) is 8.03. The molecule has 0 saturated heterocycles. The average molecular weight is 357 g/mol. The topological polar surface area (TPSA) is 82.5 Å². The van der Waals surface area contributed by atoms with Crippen LogP contribution in [-0.2, 0) is 38.6 Å². The zero-order valence-corrected chi connectivity index (χ0v) is 15.0. The number of nitrogens with zero attached hydrogens (tertiary/aromatic N) is 2. The van der Waals surface area contributed by atoms with Crippen LogP contribution >= 0.6 is 0 Å². The number of carbonyl (C=O) groups is 2. The Kier molecular flexibility index (Phi) is 5.55. The Morgan fingerprint density at radius 3 is 2.58 bits per heavy atom. The van der Waals surface area contributed by atoms with Crippen molar-refractivity contribution in [2.45, 2.75) is 33.4 Å². The molecule has 1 aromatic heterocycles. The summed E-state index contributed by atoms with van der Waals surface area (Å²) >= 11 is 0. The highest BCUT2D eigenvalue weighted by molar-refractivity contribution is 5.95. The van der Waals surface area contributed by atoms with Crippen LogP contribution < -0.4 is 5.32 Å². The van der Waals surface area contributed by atoms with Crippen molar-refractivity contribution in [1.82, 2.24) is 9.78 Å². The molecule has 0 spiro atoms. The van der Waals surface area contributed by atoms with Gasteiger partial charge in [-0.05, 0) is 31.5 Å². The molecule has 3 rings (SSSR count). The van der Waals surface area contributed by atoms with Gasteiger partial charge in [0.25, 0.3) is 0 Å². The van der Waals surface area contributed by atoms with E-state index in [1.54, 1.807) is 13.8 Å². The van der Waals surface area contributed by atoms with Crippen LogP contribution in [0.1, 0.15) is 30.8 Å². The SMILES string of the molecule is CCOC(=O)C(Cc1cc2n(n1)Cc1ccccc1NC2)C(=O)OCC. The molecule has 7 nitrogen and oxygen atoms in total. The Hall–Kier alpha value is -2.83. The summed E-state index contributed by atoms with van der Waals surface area (Å²) in [5, 5.41) is 7.99. The van der Waals surface area contributed by atoms with Crippen molar-refractivity contribution in [3.8, 4) is 0 Å². The van der Waals surface area contributed by atoms with E-state index in [1.165, 1.54) is 0 Å². The van der Waals surface area contributed by atoms with Gasteiger partial charge >= 0.3 is 11.9 Å². The van der Waals surface area contributed by atoms with Gasteiger partial charge in [0.2, 0.25) is 0 Å². The van der Waals surface area contributed by atoms with Gasteiger partial charge in [-0.1, -0.05) is 18.2 Å². The van der Waals surface area contributed by atoms with Gasteiger partial charge in [-0.15, -0.1) is 0 Å². The Morgan fingerprint density at radius 2 is 1.88 bits per heavy atom. The van der Waals surface area contributed by atoms with E-state index in [2.05, 4.69) is 16.5 Å². The lowest BCUT2D eigenvalue weighted by molar-refractivity contribution is -0.161. The fraction of sp³-hybridized carbons (Fsp3) is 0.421. The lowest BCUT2D eigenvalue weighted by Crippen LogP contribution is -2.30. The van der Waals surface area contributed by atoms with Gasteiger partial charge in [0, 0.05) is 12.1 Å². The summed E-state index contributed by atoms with van der Waals surface area (Å²) in [5.41, 5.74) is 3.92. The third-order valence-corrected chi connectivity index (χ3v) is 4.27. The van der Waals surface area contributed by atoms with Crippen molar-refractivity contribution in [3.63, 3.8) is 0 Å². The molecule has 0 fully saturated rings. The highest BCUT2D eigenvalue weighted by Gasteiger charge is 2.31. The number of ether oxygens (including phenoxy) is 2. The monoisotopic (exact) mass is 357 g/mol. The number of hydrogen-bond donors (Lipinski definition) is 1. The predicted molar refractivity (Wildman–Crippen MR) is 95.6 cm³/mol. The molecule has 1 N–H and O–H groups in total. The van der Waals surface area contributed by atoms with E-state index in [1.807, 2.05) is 28.9 Å². The first-order chi connectivity index (χ1) is 12.6. The van der Waals surface area contributed by atoms with Gasteiger partial charge in [-0.2, -0.15) is 5.10 Å². The molecule has 138 valence electrons. The van der Waals surface area contributed by atoms with Crippen molar-refractivity contribution < 1.29 is 19.1 Å². The summed E-state index contributed by atoms with van der Waals surface area (Å²) < 4.78 is 12.0. The standard InChI is InChI=1S/C19H23N3O4/c1-3-25-18(23)16(19(24)26-4-2)10-14-9-15-11-20-17-8-6-5-7-13(17)12-22(15)21-14/h5-9,16,20H,3-4,10-12H2,1-2H3. The van der Waals surface area contributed by atoms with Crippen molar-refractivity contribution in [3.05, 3.63) is 47.3 Å². The molecule has 2 heterocycles. The zero-order valence-electron chi connectivity index (χ0n) is 15.0. The third kappa shape index (κ3) is 3.87. The van der Waals surface area contributed by atoms with E-state index >= 15 is 0 Å². The Balaban J connectivity index is 1.80. The van der Waals surface area contributed by atoms with Crippen LogP contribution in [-0.4, -0.2) is 34.9 Å². The van der Waals surface area contributed by atoms with Crippen LogP contribution in [0.4, 0.5) is 5.69 Å². The summed E-state index contributed by atoms with van der Waals surface area (Å²) in [4.78, 5) is 24.3. The van der Waals surface area contributed by atoms with Gasteiger partial charge in [0.15, 0.2) is 5.92 Å². The lowest BCUT2D eigenvalue weighted by Gasteiger charge is -2.13. The summed E-state index contributed by atoms with van der Waals surface area (Å²) in [6, 6.07) is 10.0. The summed E-state index contributed by atoms with van der Waals surface area (Å²) in [6.45, 7) is 5.13. The number of aromatic nitrogens is 2. The molecule has 7 heteroatoms. The normalized spacial score (nSPS) is 12.6. The maximum absolute atomic E-state index is 12.2. The van der Waals surface area contributed by atoms with E-state index in [4.69, 9.17) is 9.47 Å². The van der Waals surface area contributed by atoms with Crippen molar-refractivity contribution in [1.29, 1.82) is 0 Å². The first-order valence-corrected chi connectivity index (χ1v) is 8.83. The number of nitrogens with one attached hydrogen (secondary N) is 1. The summed E-state index contributed by atoms with van der Waals surface area (Å²) in [7, 11) is 0. The molecule has 1 aromatic carbocycles. The van der Waals surface area contributed by atoms with E-state index in [9.17, 15) is 9.59 Å². The first kappa shape index (κ1) is 18.0. The fourth-order valence-electron chi connectivity index (χ4n) is 3.03. The maximum Gasteiger partial charge on any atom is 0.320 e. The van der Waals surface area contributed by atoms with Gasteiger partial charge in [-0.3, -0.25) is 14.3 Å². The lowest BCUT2D eigenvalue weighted by atomic mass is 10.0. The molecule has 2 aromatic rings. The molecule has 0 aliphatic carbocycles. The van der Waals surface area contributed by atoms with Gasteiger partial charge < -0.3 is 14.8 Å². The Bertz CT molecular complexity index is 782. The van der Waals surface area contributed by atoms with E-state index in [-0.39, 0.29) is 19.6 Å². The average Bonchev–Trinajstić information content (AvgIpc) is 2.92. The minimum absolute atomic E-state index is 0.166. The van der Waals surface area contributed by atoms with Crippen LogP contribution in [0.3, 0.4) is 0 Å². The number of para-hydroxylation sites is 1. The number of carbonyl (C=O) groups excluding carboxylic acids is 2. The molecule has 26 heavy (non-hydrogen) atoms. The van der Waals surface area contributed by atoms with E-state index in [0.29, 0.717) is 18.8 Å². The maximum atomic E-state index is 12.2. The molecule has 1 aliphatic rings. The van der Waals surface area contributed by atoms with Crippen molar-refractivity contribution in [2.75, 3.05) is 18.5 Å². The number of fused-ring (bicyclic) bond motifs is 2. The molecule has 0 amide bonds. The number of anilines is 1. The fourth-order valence-corrected chi connectivity index (χ4v) is 3.03. The minimum Gasteiger partial charge on any atom is -0.465 e. The predicted octanol–water partition coefficient (Wildman–Crippen LogP) is 2.14. The molecular formula is C19H23N3O4. The Labute approximate surface area is 152 Å². The van der Waals surface area contributed by atoms with Gasteiger partial charge in [0.05, 0.1) is 37.7 Å². The second-order valence-electron chi connectivity index (χ2n) is 6.06. The highest BCUT2D eigenvalue weighted by Crippen LogP contribution is 2.23. The number of esters is 2. The third-order valence-electron chi connectivity index (χ3n) is 4.27. The van der Waals surface area contributed by atoms with Crippen LogP contribution in [0.2, 0.25) is 0 Å². The van der Waals surface area contributed by atoms with Crippen LogP contribution in [0.25, 0.3) is 0 Å². The summed E-state index contributed by atoms with van der Waals surface area (Å²) in [5.74, 6) is -2.13. The highest BCUT2D eigenvalue weighted by atomic mass is 16.6. The first-order valence-electron chi connectivity index (χ1n) is 8.83. The number of benzene rings is 1. The number of hydrogen-bond acceptors (Lipinski definition) is 6. The molecule has 0 saturated carbocycles. The smallest absolute Gasteiger partial charge is 0.320 e. The largest absolute Gasteiger partial charge is 0.465 e. The molecule has 0 unspecified atom stereocenters. The minimum atomic E-state index is -0.991. The molecular weight excluding hydrogens is 334 g/mol. The molecule has 0 radical (unpaired) electrons. The van der Waals surface area contributed by atoms with Crippen LogP contribution in [0.5, 0.6) is 0 Å². The molecule has 0 bridgehead atoms. The van der Waals surface area contributed by atoms with Gasteiger partial charge in [-0.25, -0.2) is 0 Å². The quantitative estimate of drug-likeness (QED) is 0.630. The second-order valence-corrected chi connectivity index (χ2v) is 6.06. The zero-order chi connectivity index (χ0) is 18.5.